The molecule has 1 saturated heterocycles. The average molecular weight is 334 g/mol. The molecule has 24 heavy (non-hydrogen) atoms. The van der Waals surface area contributed by atoms with Gasteiger partial charge in [-0.2, -0.15) is 5.10 Å². The monoisotopic (exact) mass is 334 g/mol. The highest BCUT2D eigenvalue weighted by Gasteiger charge is 2.21. The maximum absolute atomic E-state index is 12.9. The fourth-order valence-electron chi connectivity index (χ4n) is 2.84. The minimum atomic E-state index is -0.253. The van der Waals surface area contributed by atoms with Gasteiger partial charge in [-0.1, -0.05) is 0 Å². The first kappa shape index (κ1) is 16.9. The molecule has 0 radical (unpaired) electrons. The maximum atomic E-state index is 12.9. The minimum absolute atomic E-state index is 0.101. The van der Waals surface area contributed by atoms with Gasteiger partial charge in [-0.05, 0) is 38.1 Å². The van der Waals surface area contributed by atoms with Gasteiger partial charge < -0.3 is 9.47 Å². The van der Waals surface area contributed by atoms with Gasteiger partial charge in [0.15, 0.2) is 0 Å². The summed E-state index contributed by atoms with van der Waals surface area (Å²) in [6.07, 6.45) is 0.101. The number of ether oxygens (including phenoxy) is 2. The van der Waals surface area contributed by atoms with Crippen molar-refractivity contribution >= 4 is 0 Å². The number of hydrogen-bond acceptors (Lipinski definition) is 5. The van der Waals surface area contributed by atoms with E-state index in [2.05, 4.69) is 15.0 Å². The zero-order chi connectivity index (χ0) is 16.9. The van der Waals surface area contributed by atoms with Crippen molar-refractivity contribution < 1.29 is 13.9 Å². The van der Waals surface area contributed by atoms with Crippen LogP contribution >= 0.6 is 0 Å². The molecule has 7 heteroatoms. The van der Waals surface area contributed by atoms with Gasteiger partial charge in [0.05, 0.1) is 19.3 Å². The molecule has 0 N–H and O–H groups in total. The van der Waals surface area contributed by atoms with Crippen molar-refractivity contribution in [2.75, 3.05) is 32.8 Å². The molecule has 0 aliphatic carbocycles. The lowest BCUT2D eigenvalue weighted by molar-refractivity contribution is -0.0404. The van der Waals surface area contributed by atoms with Crippen LogP contribution in [0.2, 0.25) is 0 Å². The highest BCUT2D eigenvalue weighted by Crippen LogP contribution is 2.12. The van der Waals surface area contributed by atoms with Crippen LogP contribution in [0.5, 0.6) is 5.75 Å². The fraction of sp³-hybridized carbons (Fsp3) is 0.529. The number of benzene rings is 1. The number of hydrogen-bond donors (Lipinski definition) is 0. The molecule has 0 amide bonds. The third-order valence-electron chi connectivity index (χ3n) is 4.05. The van der Waals surface area contributed by atoms with Crippen molar-refractivity contribution in [3.63, 3.8) is 0 Å². The fourth-order valence-corrected chi connectivity index (χ4v) is 2.84. The number of rotatable bonds is 6. The van der Waals surface area contributed by atoms with Crippen molar-refractivity contribution in [2.45, 2.75) is 26.5 Å². The Labute approximate surface area is 141 Å². The number of morpholine rings is 1. The summed E-state index contributed by atoms with van der Waals surface area (Å²) in [6, 6.07) is 6.10. The Bertz CT molecular complexity index is 659. The molecule has 2 heterocycles. The Morgan fingerprint density at radius 1 is 1.29 bits per heavy atom. The highest BCUT2D eigenvalue weighted by molar-refractivity contribution is 5.21. The van der Waals surface area contributed by atoms with Crippen LogP contribution in [0.3, 0.4) is 0 Å². The SMILES string of the molecule is Cc1nc(C)n(CC2CN(CCOc3ccc(F)cc3)CCO2)n1. The minimum Gasteiger partial charge on any atom is -0.492 e. The van der Waals surface area contributed by atoms with E-state index in [9.17, 15) is 4.39 Å². The van der Waals surface area contributed by atoms with Crippen molar-refractivity contribution in [1.82, 2.24) is 19.7 Å². The molecule has 1 aromatic heterocycles. The quantitative estimate of drug-likeness (QED) is 0.806. The highest BCUT2D eigenvalue weighted by atomic mass is 19.1. The molecule has 0 saturated carbocycles. The predicted molar refractivity (Wildman–Crippen MR) is 87.6 cm³/mol. The summed E-state index contributed by atoms with van der Waals surface area (Å²) < 4.78 is 26.3. The molecule has 0 bridgehead atoms. The first-order valence-electron chi connectivity index (χ1n) is 8.20. The van der Waals surface area contributed by atoms with Crippen LogP contribution in [0.4, 0.5) is 4.39 Å². The van der Waals surface area contributed by atoms with Crippen molar-refractivity contribution in [1.29, 1.82) is 0 Å². The smallest absolute Gasteiger partial charge is 0.147 e. The molecule has 6 nitrogen and oxygen atoms in total. The molecule has 1 aromatic carbocycles. The lowest BCUT2D eigenvalue weighted by Crippen LogP contribution is -2.45. The standard InChI is InChI=1S/C17H23FN4O2/c1-13-19-14(2)22(20-13)12-17-11-21(8-10-24-17)7-9-23-16-5-3-15(18)4-6-16/h3-6,17H,7-12H2,1-2H3. The lowest BCUT2D eigenvalue weighted by atomic mass is 10.2. The number of nitrogens with zero attached hydrogens (tertiary/aromatic N) is 4. The van der Waals surface area contributed by atoms with E-state index in [0.29, 0.717) is 25.5 Å². The molecule has 1 aliphatic heterocycles. The second-order valence-corrected chi connectivity index (χ2v) is 5.98. The summed E-state index contributed by atoms with van der Waals surface area (Å²) in [5, 5.41) is 4.39. The predicted octanol–water partition coefficient (Wildman–Crippen LogP) is 1.81. The molecule has 0 spiro atoms. The van der Waals surface area contributed by atoms with Gasteiger partial charge in [0.2, 0.25) is 0 Å². The lowest BCUT2D eigenvalue weighted by Gasteiger charge is -2.32. The Kier molecular flexibility index (Phi) is 5.42. The number of aryl methyl sites for hydroxylation is 2. The average Bonchev–Trinajstić information content (AvgIpc) is 2.87. The zero-order valence-corrected chi connectivity index (χ0v) is 14.1. The topological polar surface area (TPSA) is 52.4 Å². The number of aromatic nitrogens is 3. The molecule has 1 unspecified atom stereocenters. The van der Waals surface area contributed by atoms with Gasteiger partial charge in [-0.15, -0.1) is 0 Å². The second kappa shape index (κ2) is 7.72. The van der Waals surface area contributed by atoms with Gasteiger partial charge in [0, 0.05) is 19.6 Å². The second-order valence-electron chi connectivity index (χ2n) is 5.98. The summed E-state index contributed by atoms with van der Waals surface area (Å²) in [4.78, 5) is 6.64. The molecule has 130 valence electrons. The summed E-state index contributed by atoms with van der Waals surface area (Å²) >= 11 is 0. The summed E-state index contributed by atoms with van der Waals surface area (Å²) in [6.45, 7) is 8.37. The third-order valence-corrected chi connectivity index (χ3v) is 4.05. The van der Waals surface area contributed by atoms with Crippen molar-refractivity contribution in [2.24, 2.45) is 0 Å². The van der Waals surface area contributed by atoms with Crippen molar-refractivity contribution in [3.05, 3.63) is 41.7 Å². The van der Waals surface area contributed by atoms with Gasteiger partial charge in [-0.25, -0.2) is 14.1 Å². The van der Waals surface area contributed by atoms with E-state index in [1.807, 2.05) is 18.5 Å². The maximum Gasteiger partial charge on any atom is 0.147 e. The van der Waals surface area contributed by atoms with Crippen LogP contribution < -0.4 is 4.74 Å². The molecule has 2 aromatic rings. The molecule has 1 aliphatic rings. The van der Waals surface area contributed by atoms with Crippen LogP contribution in [-0.4, -0.2) is 58.6 Å². The van der Waals surface area contributed by atoms with E-state index >= 15 is 0 Å². The molecule has 1 fully saturated rings. The molecule has 1 atom stereocenters. The van der Waals surface area contributed by atoms with E-state index < -0.39 is 0 Å². The van der Waals surface area contributed by atoms with Gasteiger partial charge in [0.25, 0.3) is 0 Å². The van der Waals surface area contributed by atoms with Crippen LogP contribution in [0, 0.1) is 19.7 Å². The van der Waals surface area contributed by atoms with E-state index in [1.165, 1.54) is 12.1 Å². The largest absolute Gasteiger partial charge is 0.492 e. The van der Waals surface area contributed by atoms with Crippen LogP contribution in [0.15, 0.2) is 24.3 Å². The van der Waals surface area contributed by atoms with E-state index in [0.717, 1.165) is 31.3 Å². The van der Waals surface area contributed by atoms with Crippen LogP contribution in [0.1, 0.15) is 11.6 Å². The zero-order valence-electron chi connectivity index (χ0n) is 14.1. The normalized spacial score (nSPS) is 18.7. The first-order valence-corrected chi connectivity index (χ1v) is 8.20. The van der Waals surface area contributed by atoms with Crippen LogP contribution in [0.25, 0.3) is 0 Å². The summed E-state index contributed by atoms with van der Waals surface area (Å²) in [7, 11) is 0. The summed E-state index contributed by atoms with van der Waals surface area (Å²) in [5.41, 5.74) is 0. The Hall–Kier alpha value is -1.99. The Balaban J connectivity index is 1.45. The van der Waals surface area contributed by atoms with Crippen LogP contribution in [-0.2, 0) is 11.3 Å². The first-order chi connectivity index (χ1) is 11.6. The van der Waals surface area contributed by atoms with Gasteiger partial charge in [0.1, 0.15) is 29.8 Å². The Morgan fingerprint density at radius 2 is 2.08 bits per heavy atom. The molecular weight excluding hydrogens is 311 g/mol. The Morgan fingerprint density at radius 3 is 2.79 bits per heavy atom. The van der Waals surface area contributed by atoms with E-state index in [1.54, 1.807) is 12.1 Å². The van der Waals surface area contributed by atoms with Crippen molar-refractivity contribution in [3.8, 4) is 5.75 Å². The summed E-state index contributed by atoms with van der Waals surface area (Å²) in [5.74, 6) is 2.13. The van der Waals surface area contributed by atoms with Gasteiger partial charge in [-0.3, -0.25) is 4.90 Å². The molecule has 3 rings (SSSR count). The molecular formula is C17H23FN4O2. The van der Waals surface area contributed by atoms with Gasteiger partial charge >= 0.3 is 0 Å². The van der Waals surface area contributed by atoms with E-state index in [4.69, 9.17) is 9.47 Å². The van der Waals surface area contributed by atoms with E-state index in [-0.39, 0.29) is 11.9 Å². The number of halogens is 1. The third kappa shape index (κ3) is 4.52.